The standard InChI is InChI=1S/C23H26F3N6O2P/c1-35(2,34)20-15-6-5-14-16(10-28-19(14)20)18-17(23(24,25)26)11-29-22(31-18)30-13-4-3-8-32(12-13)9-7-27-21(15)33/h5-6,10-11,13,28H,3-4,7-9,12H2,1-2H3,(H,27,33)(H,29,30,31)/t13-/m0/s1. The van der Waals surface area contributed by atoms with Crippen molar-refractivity contribution in [3.8, 4) is 11.3 Å². The van der Waals surface area contributed by atoms with Gasteiger partial charge < -0.3 is 20.2 Å². The summed E-state index contributed by atoms with van der Waals surface area (Å²) < 4.78 is 55.2. The lowest BCUT2D eigenvalue weighted by Gasteiger charge is -2.33. The second-order valence-corrected chi connectivity index (χ2v) is 12.6. The summed E-state index contributed by atoms with van der Waals surface area (Å²) in [4.78, 5) is 26.5. The van der Waals surface area contributed by atoms with Gasteiger partial charge in [0.1, 0.15) is 12.7 Å². The second-order valence-electron chi connectivity index (χ2n) is 9.43. The number of halogens is 3. The van der Waals surface area contributed by atoms with Gasteiger partial charge in [-0.3, -0.25) is 9.69 Å². The third-order valence-electron chi connectivity index (χ3n) is 6.51. The maximum Gasteiger partial charge on any atom is 0.419 e. The largest absolute Gasteiger partial charge is 0.419 e. The van der Waals surface area contributed by atoms with Crippen LogP contribution >= 0.6 is 7.14 Å². The number of piperidine rings is 1. The Morgan fingerprint density at radius 3 is 2.71 bits per heavy atom. The number of anilines is 1. The molecule has 6 rings (SSSR count). The van der Waals surface area contributed by atoms with Crippen LogP contribution in [-0.4, -0.2) is 71.3 Å². The van der Waals surface area contributed by atoms with E-state index >= 15 is 0 Å². The first-order chi connectivity index (χ1) is 16.5. The molecular weight excluding hydrogens is 480 g/mol. The van der Waals surface area contributed by atoms with Gasteiger partial charge in [0, 0.05) is 54.3 Å². The van der Waals surface area contributed by atoms with Gasteiger partial charge in [-0.15, -0.1) is 0 Å². The van der Waals surface area contributed by atoms with Gasteiger partial charge in [0.2, 0.25) is 5.95 Å². The van der Waals surface area contributed by atoms with E-state index in [1.807, 2.05) is 0 Å². The van der Waals surface area contributed by atoms with Gasteiger partial charge >= 0.3 is 6.18 Å². The number of amides is 1. The lowest BCUT2D eigenvalue weighted by molar-refractivity contribution is -0.137. The molecule has 0 radical (unpaired) electrons. The minimum absolute atomic E-state index is 0.0286. The van der Waals surface area contributed by atoms with E-state index in [-0.39, 0.29) is 34.7 Å². The van der Waals surface area contributed by atoms with Crippen LogP contribution in [0.1, 0.15) is 28.8 Å². The summed E-state index contributed by atoms with van der Waals surface area (Å²) in [6.07, 6.45) is -0.706. The number of rotatable bonds is 1. The molecule has 3 aliphatic heterocycles. The smallest absolute Gasteiger partial charge is 0.360 e. The third kappa shape index (κ3) is 4.54. The van der Waals surface area contributed by atoms with E-state index in [4.69, 9.17) is 0 Å². The highest BCUT2D eigenvalue weighted by Gasteiger charge is 2.37. The van der Waals surface area contributed by atoms with Crippen LogP contribution in [0.25, 0.3) is 22.2 Å². The SMILES string of the molecule is CP(C)(=O)c1c2ccc3c(c[nH]c13)-c1nc(ncc1C(F)(F)F)N[C@H]1CCCN(CCNC2=O)C1. The molecule has 3 aliphatic rings. The number of H-pyrrole nitrogens is 1. The molecule has 8 nitrogen and oxygen atoms in total. The molecule has 186 valence electrons. The van der Waals surface area contributed by atoms with Gasteiger partial charge in [-0.1, -0.05) is 6.07 Å². The van der Waals surface area contributed by atoms with Gasteiger partial charge in [0.15, 0.2) is 0 Å². The maximum atomic E-state index is 14.0. The summed E-state index contributed by atoms with van der Waals surface area (Å²) >= 11 is 0. The van der Waals surface area contributed by atoms with Gasteiger partial charge in [0.05, 0.1) is 16.8 Å². The number of nitrogens with zero attached hydrogens (tertiary/aromatic N) is 3. The zero-order valence-corrected chi connectivity index (χ0v) is 20.3. The Morgan fingerprint density at radius 2 is 1.97 bits per heavy atom. The van der Waals surface area contributed by atoms with Crippen LogP contribution in [0.5, 0.6) is 0 Å². The number of benzene rings is 1. The molecule has 12 heteroatoms. The van der Waals surface area contributed by atoms with E-state index in [0.29, 0.717) is 35.8 Å². The third-order valence-corrected chi connectivity index (χ3v) is 8.06. The number of hydrogen-bond donors (Lipinski definition) is 3. The van der Waals surface area contributed by atoms with Crippen LogP contribution in [0.15, 0.2) is 24.5 Å². The van der Waals surface area contributed by atoms with E-state index < -0.39 is 18.9 Å². The fourth-order valence-electron chi connectivity index (χ4n) is 4.97. The van der Waals surface area contributed by atoms with E-state index in [1.165, 1.54) is 12.3 Å². The molecule has 8 bridgehead atoms. The number of fused-ring (bicyclic) bond motifs is 4. The highest BCUT2D eigenvalue weighted by molar-refractivity contribution is 7.70. The molecule has 1 aromatic carbocycles. The first-order valence-corrected chi connectivity index (χ1v) is 14.0. The molecule has 1 unspecified atom stereocenters. The topological polar surface area (TPSA) is 103 Å². The number of carbonyl (C=O) groups is 1. The number of aromatic nitrogens is 3. The highest BCUT2D eigenvalue weighted by Crippen LogP contribution is 2.43. The zero-order chi connectivity index (χ0) is 25.0. The molecular formula is C23H26F3N6O2P. The van der Waals surface area contributed by atoms with Crippen molar-refractivity contribution in [1.29, 1.82) is 0 Å². The van der Waals surface area contributed by atoms with Crippen LogP contribution in [0, 0.1) is 0 Å². The Bertz CT molecular complexity index is 1350. The summed E-state index contributed by atoms with van der Waals surface area (Å²) in [6.45, 7) is 5.62. The van der Waals surface area contributed by atoms with Crippen LogP contribution in [-0.2, 0) is 10.7 Å². The molecule has 0 aliphatic carbocycles. The Morgan fingerprint density at radius 1 is 1.17 bits per heavy atom. The monoisotopic (exact) mass is 506 g/mol. The van der Waals surface area contributed by atoms with Crippen molar-refractivity contribution < 1.29 is 22.5 Å². The Labute approximate surface area is 200 Å². The summed E-state index contributed by atoms with van der Waals surface area (Å²) in [5.41, 5.74) is -0.406. The van der Waals surface area contributed by atoms with Crippen molar-refractivity contribution in [3.05, 3.63) is 35.7 Å². The summed E-state index contributed by atoms with van der Waals surface area (Å²) in [5, 5.41) is 6.83. The quantitative estimate of drug-likeness (QED) is 0.437. The van der Waals surface area contributed by atoms with Crippen molar-refractivity contribution in [1.82, 2.24) is 25.2 Å². The molecule has 1 saturated heterocycles. The lowest BCUT2D eigenvalue weighted by Crippen LogP contribution is -2.45. The number of alkyl halides is 3. The normalized spacial score (nSPS) is 21.2. The lowest BCUT2D eigenvalue weighted by atomic mass is 10.0. The summed E-state index contributed by atoms with van der Waals surface area (Å²) in [7, 11) is -3.01. The molecule has 2 aromatic heterocycles. The van der Waals surface area contributed by atoms with E-state index in [0.717, 1.165) is 25.6 Å². The van der Waals surface area contributed by atoms with E-state index in [9.17, 15) is 22.5 Å². The Balaban J connectivity index is 1.76. The zero-order valence-electron chi connectivity index (χ0n) is 19.4. The molecule has 3 N–H and O–H groups in total. The molecule has 35 heavy (non-hydrogen) atoms. The molecule has 5 heterocycles. The van der Waals surface area contributed by atoms with Crippen LogP contribution < -0.4 is 15.9 Å². The minimum atomic E-state index is -4.67. The Kier molecular flexibility index (Phi) is 5.88. The van der Waals surface area contributed by atoms with Gasteiger partial charge in [-0.25, -0.2) is 9.97 Å². The average molecular weight is 506 g/mol. The highest BCUT2D eigenvalue weighted by atomic mass is 31.2. The molecule has 0 saturated carbocycles. The number of hydrogen-bond acceptors (Lipinski definition) is 6. The maximum absolute atomic E-state index is 14.0. The predicted molar refractivity (Wildman–Crippen MR) is 129 cm³/mol. The summed E-state index contributed by atoms with van der Waals surface area (Å²) in [5.74, 6) is -0.232. The van der Waals surface area contributed by atoms with Gasteiger partial charge in [-0.2, -0.15) is 13.2 Å². The molecule has 0 spiro atoms. The molecule has 2 atom stereocenters. The second kappa shape index (κ2) is 8.64. The molecule has 1 fully saturated rings. The van der Waals surface area contributed by atoms with Crippen molar-refractivity contribution in [2.45, 2.75) is 25.1 Å². The number of carbonyl (C=O) groups excluding carboxylic acids is 1. The fourth-order valence-corrected chi connectivity index (χ4v) is 6.45. The van der Waals surface area contributed by atoms with Crippen molar-refractivity contribution in [3.63, 3.8) is 0 Å². The van der Waals surface area contributed by atoms with Crippen molar-refractivity contribution >= 4 is 35.2 Å². The first kappa shape index (κ1) is 23.8. The summed E-state index contributed by atoms with van der Waals surface area (Å²) in [6, 6.07) is 3.08. The van der Waals surface area contributed by atoms with E-state index in [1.54, 1.807) is 19.4 Å². The van der Waals surface area contributed by atoms with Crippen LogP contribution in [0.3, 0.4) is 0 Å². The van der Waals surface area contributed by atoms with Gasteiger partial charge in [-0.05, 0) is 38.8 Å². The average Bonchev–Trinajstić information content (AvgIpc) is 3.20. The van der Waals surface area contributed by atoms with Crippen molar-refractivity contribution in [2.24, 2.45) is 0 Å². The van der Waals surface area contributed by atoms with E-state index in [2.05, 4.69) is 30.5 Å². The van der Waals surface area contributed by atoms with Gasteiger partial charge in [0.25, 0.3) is 5.91 Å². The number of nitrogens with one attached hydrogen (secondary N) is 3. The van der Waals surface area contributed by atoms with Crippen molar-refractivity contribution in [2.75, 3.05) is 44.8 Å². The minimum Gasteiger partial charge on any atom is -0.360 e. The Hall–Kier alpha value is -2.91. The first-order valence-electron chi connectivity index (χ1n) is 11.4. The molecule has 3 aromatic rings. The number of aromatic amines is 1. The molecule has 1 amide bonds. The van der Waals surface area contributed by atoms with Crippen LogP contribution in [0.4, 0.5) is 19.1 Å². The fraction of sp³-hybridized carbons (Fsp3) is 0.435. The predicted octanol–water partition coefficient (Wildman–Crippen LogP) is 3.51. The van der Waals surface area contributed by atoms with Crippen LogP contribution in [0.2, 0.25) is 0 Å².